The smallest absolute Gasteiger partial charge is 0.139 e. The van der Waals surface area contributed by atoms with Crippen molar-refractivity contribution in [3.05, 3.63) is 39.4 Å². The highest BCUT2D eigenvalue weighted by molar-refractivity contribution is 7.10. The van der Waals surface area contributed by atoms with Crippen LogP contribution in [0, 0.1) is 0 Å². The fourth-order valence-electron chi connectivity index (χ4n) is 3.06. The first-order valence-electron chi connectivity index (χ1n) is 8.53. The van der Waals surface area contributed by atoms with Crippen LogP contribution in [0.15, 0.2) is 22.0 Å². The van der Waals surface area contributed by atoms with Crippen molar-refractivity contribution in [3.63, 3.8) is 0 Å². The summed E-state index contributed by atoms with van der Waals surface area (Å²) < 4.78 is 5.38. The molecule has 0 atom stereocenters. The van der Waals surface area contributed by atoms with Crippen molar-refractivity contribution in [2.45, 2.75) is 52.2 Å². The summed E-state index contributed by atoms with van der Waals surface area (Å²) >= 11 is 1.87. The van der Waals surface area contributed by atoms with Gasteiger partial charge >= 0.3 is 0 Å². The summed E-state index contributed by atoms with van der Waals surface area (Å²) in [4.78, 5) is 6.28. The van der Waals surface area contributed by atoms with Gasteiger partial charge in [0.15, 0.2) is 0 Å². The lowest BCUT2D eigenvalue weighted by molar-refractivity contribution is 0.301. The van der Waals surface area contributed by atoms with Crippen LogP contribution >= 0.6 is 11.3 Å². The fourth-order valence-corrected chi connectivity index (χ4v) is 4.02. The zero-order chi connectivity index (χ0) is 16.2. The molecule has 2 aromatic rings. The molecule has 0 aliphatic carbocycles. The molecule has 1 aliphatic rings. The highest BCUT2D eigenvalue weighted by Crippen LogP contribution is 2.21. The van der Waals surface area contributed by atoms with Crippen LogP contribution in [-0.2, 0) is 19.6 Å². The predicted molar refractivity (Wildman–Crippen MR) is 94.6 cm³/mol. The minimum Gasteiger partial charge on any atom is -0.361 e. The first-order valence-corrected chi connectivity index (χ1v) is 9.41. The van der Waals surface area contributed by atoms with E-state index in [1.54, 1.807) is 0 Å². The van der Waals surface area contributed by atoms with Crippen LogP contribution in [0.5, 0.6) is 0 Å². The van der Waals surface area contributed by atoms with E-state index in [1.165, 1.54) is 36.4 Å². The number of hydrogen-bond donors (Lipinski definition) is 0. The van der Waals surface area contributed by atoms with E-state index in [4.69, 9.17) is 4.52 Å². The average molecular weight is 334 g/mol. The molecule has 4 nitrogen and oxygen atoms in total. The van der Waals surface area contributed by atoms with Crippen molar-refractivity contribution in [2.24, 2.45) is 0 Å². The molecule has 2 aromatic heterocycles. The Balaban J connectivity index is 1.50. The molecule has 0 amide bonds. The van der Waals surface area contributed by atoms with Crippen LogP contribution in [0.1, 0.15) is 54.5 Å². The van der Waals surface area contributed by atoms with E-state index in [0.717, 1.165) is 31.1 Å². The minimum atomic E-state index is 0.395. The normalized spacial score (nSPS) is 16.0. The number of nitrogens with zero attached hydrogens (tertiary/aromatic N) is 3. The molecule has 1 fully saturated rings. The Morgan fingerprint density at radius 3 is 2.74 bits per heavy atom. The van der Waals surface area contributed by atoms with Gasteiger partial charge in [-0.1, -0.05) is 19.0 Å². The van der Waals surface area contributed by atoms with Gasteiger partial charge in [0.25, 0.3) is 0 Å². The van der Waals surface area contributed by atoms with Crippen LogP contribution in [0.4, 0.5) is 0 Å². The molecule has 3 heterocycles. The summed E-state index contributed by atoms with van der Waals surface area (Å²) in [5.41, 5.74) is 2.48. The number of rotatable bonds is 7. The molecule has 0 saturated carbocycles. The molecule has 23 heavy (non-hydrogen) atoms. The van der Waals surface area contributed by atoms with Gasteiger partial charge in [-0.05, 0) is 50.0 Å². The Hall–Kier alpha value is -1.17. The van der Waals surface area contributed by atoms with Gasteiger partial charge in [0.1, 0.15) is 5.76 Å². The minimum absolute atomic E-state index is 0.395. The van der Waals surface area contributed by atoms with Crippen LogP contribution in [0.25, 0.3) is 0 Å². The van der Waals surface area contributed by atoms with E-state index in [1.807, 2.05) is 11.3 Å². The van der Waals surface area contributed by atoms with E-state index < -0.39 is 0 Å². The summed E-state index contributed by atoms with van der Waals surface area (Å²) in [5, 5.41) is 6.49. The van der Waals surface area contributed by atoms with Crippen molar-refractivity contribution < 1.29 is 4.52 Å². The molecule has 0 spiro atoms. The third-order valence-electron chi connectivity index (χ3n) is 4.32. The third-order valence-corrected chi connectivity index (χ3v) is 5.29. The molecule has 0 radical (unpaired) electrons. The molecule has 1 aliphatic heterocycles. The molecule has 1 saturated heterocycles. The van der Waals surface area contributed by atoms with Gasteiger partial charge in [-0.3, -0.25) is 9.80 Å². The molecule has 0 bridgehead atoms. The molecule has 5 heteroatoms. The number of aromatic nitrogens is 1. The second-order valence-corrected chi connectivity index (χ2v) is 7.95. The van der Waals surface area contributed by atoms with E-state index in [-0.39, 0.29) is 0 Å². The average Bonchev–Trinajstić information content (AvgIpc) is 3.21. The predicted octanol–water partition coefficient (Wildman–Crippen LogP) is 4.09. The Labute approximate surface area is 143 Å². The van der Waals surface area contributed by atoms with Gasteiger partial charge in [-0.2, -0.15) is 0 Å². The van der Waals surface area contributed by atoms with E-state index in [2.05, 4.69) is 53.4 Å². The Morgan fingerprint density at radius 1 is 1.26 bits per heavy atom. The quantitative estimate of drug-likeness (QED) is 0.764. The highest BCUT2D eigenvalue weighted by atomic mass is 32.1. The maximum absolute atomic E-state index is 5.38. The molecule has 126 valence electrons. The van der Waals surface area contributed by atoms with Gasteiger partial charge in [0.05, 0.1) is 5.69 Å². The van der Waals surface area contributed by atoms with Gasteiger partial charge in [0.2, 0.25) is 0 Å². The van der Waals surface area contributed by atoms with Gasteiger partial charge < -0.3 is 4.52 Å². The third kappa shape index (κ3) is 4.66. The first kappa shape index (κ1) is 16.7. The van der Waals surface area contributed by atoms with Gasteiger partial charge in [0, 0.05) is 36.5 Å². The summed E-state index contributed by atoms with van der Waals surface area (Å²) in [5.74, 6) is 1.37. The van der Waals surface area contributed by atoms with Crippen molar-refractivity contribution in [2.75, 3.05) is 20.1 Å². The van der Waals surface area contributed by atoms with Gasteiger partial charge in [-0.15, -0.1) is 11.3 Å². The van der Waals surface area contributed by atoms with Crippen molar-refractivity contribution in [1.29, 1.82) is 0 Å². The van der Waals surface area contributed by atoms with Gasteiger partial charge in [-0.25, -0.2) is 0 Å². The molecule has 0 N–H and O–H groups in total. The van der Waals surface area contributed by atoms with E-state index >= 15 is 0 Å². The second-order valence-electron chi connectivity index (χ2n) is 6.95. The topological polar surface area (TPSA) is 32.5 Å². The summed E-state index contributed by atoms with van der Waals surface area (Å²) in [6.07, 6.45) is 2.71. The summed E-state index contributed by atoms with van der Waals surface area (Å²) in [7, 11) is 2.14. The maximum Gasteiger partial charge on any atom is 0.139 e. The second kappa shape index (κ2) is 7.60. The molecule has 0 aromatic carbocycles. The van der Waals surface area contributed by atoms with Crippen LogP contribution in [0.2, 0.25) is 0 Å². The number of likely N-dealkylation sites (tertiary alicyclic amines) is 1. The first-order chi connectivity index (χ1) is 11.1. The van der Waals surface area contributed by atoms with Crippen molar-refractivity contribution in [3.8, 4) is 0 Å². The Morgan fingerprint density at radius 2 is 2.04 bits per heavy atom. The van der Waals surface area contributed by atoms with E-state index in [9.17, 15) is 0 Å². The number of thiophene rings is 1. The Kier molecular flexibility index (Phi) is 5.51. The maximum atomic E-state index is 5.38. The molecular formula is C18H27N3OS. The van der Waals surface area contributed by atoms with Crippen molar-refractivity contribution >= 4 is 11.3 Å². The number of hydrogen-bond acceptors (Lipinski definition) is 5. The molecule has 3 rings (SSSR count). The summed E-state index contributed by atoms with van der Waals surface area (Å²) in [6, 6.07) is 4.44. The lowest BCUT2D eigenvalue weighted by atomic mass is 10.1. The van der Waals surface area contributed by atoms with E-state index in [0.29, 0.717) is 5.92 Å². The highest BCUT2D eigenvalue weighted by Gasteiger charge is 2.14. The standard InChI is InChI=1S/C18H27N3OS/c1-14(2)18-9-16(19-22-18)11-20(3)12-17-8-15(13-23-17)10-21-6-4-5-7-21/h8-9,13-14H,4-7,10-12H2,1-3H3. The van der Waals surface area contributed by atoms with Crippen LogP contribution in [-0.4, -0.2) is 35.1 Å². The SMILES string of the molecule is CC(C)c1cc(CN(C)Cc2cc(CN3CCCC3)cs2)no1. The fraction of sp³-hybridized carbons (Fsp3) is 0.611. The lowest BCUT2D eigenvalue weighted by Gasteiger charge is -2.14. The lowest BCUT2D eigenvalue weighted by Crippen LogP contribution is -2.18. The zero-order valence-corrected chi connectivity index (χ0v) is 15.2. The van der Waals surface area contributed by atoms with Crippen LogP contribution < -0.4 is 0 Å². The van der Waals surface area contributed by atoms with Crippen molar-refractivity contribution in [1.82, 2.24) is 15.0 Å². The summed E-state index contributed by atoms with van der Waals surface area (Å²) in [6.45, 7) is 9.68. The largest absolute Gasteiger partial charge is 0.361 e. The molecular weight excluding hydrogens is 306 g/mol. The zero-order valence-electron chi connectivity index (χ0n) is 14.4. The van der Waals surface area contributed by atoms with Crippen LogP contribution in [0.3, 0.4) is 0 Å². The monoisotopic (exact) mass is 333 g/mol. The Bertz CT molecular complexity index is 613. The molecule has 0 unspecified atom stereocenters.